The molecule has 10 heteroatoms. The van der Waals surface area contributed by atoms with E-state index in [0.29, 0.717) is 17.5 Å². The number of halogens is 3. The zero-order chi connectivity index (χ0) is 20.9. The van der Waals surface area contributed by atoms with E-state index in [2.05, 4.69) is 5.32 Å². The van der Waals surface area contributed by atoms with Gasteiger partial charge in [0, 0.05) is 11.8 Å². The molecule has 2 aromatic rings. The van der Waals surface area contributed by atoms with Crippen LogP contribution in [0.15, 0.2) is 42.5 Å². The Kier molecular flexibility index (Phi) is 6.45. The van der Waals surface area contributed by atoms with E-state index in [1.165, 1.54) is 31.2 Å². The van der Waals surface area contributed by atoms with Crippen LogP contribution in [0, 0.1) is 10.1 Å². The first-order valence-corrected chi connectivity index (χ1v) is 8.17. The number of nitro groups is 1. The molecule has 2 rings (SSSR count). The van der Waals surface area contributed by atoms with Crippen molar-refractivity contribution in [2.24, 2.45) is 0 Å². The molecular weight excluding hydrogens is 381 g/mol. The molecule has 2 aromatic carbocycles. The van der Waals surface area contributed by atoms with Crippen molar-refractivity contribution in [3.05, 3.63) is 58.1 Å². The van der Waals surface area contributed by atoms with Crippen molar-refractivity contribution in [3.8, 4) is 5.75 Å². The summed E-state index contributed by atoms with van der Waals surface area (Å²) in [5.41, 5.74) is -1.52. The number of carbonyl (C=O) groups excluding carboxylic acids is 1. The first kappa shape index (κ1) is 21.0. The molecule has 0 spiro atoms. The fraction of sp³-hybridized carbons (Fsp3) is 0.278. The van der Waals surface area contributed by atoms with Crippen molar-refractivity contribution in [1.82, 2.24) is 0 Å². The van der Waals surface area contributed by atoms with Crippen LogP contribution in [-0.2, 0) is 15.7 Å². The van der Waals surface area contributed by atoms with E-state index in [-0.39, 0.29) is 12.3 Å². The van der Waals surface area contributed by atoms with Gasteiger partial charge in [-0.3, -0.25) is 10.1 Å². The van der Waals surface area contributed by atoms with Crippen LogP contribution >= 0.6 is 0 Å². The predicted molar refractivity (Wildman–Crippen MR) is 94.5 cm³/mol. The average Bonchev–Trinajstić information content (AvgIpc) is 2.62. The maximum absolute atomic E-state index is 12.8. The van der Waals surface area contributed by atoms with Crippen LogP contribution in [0.1, 0.15) is 19.4 Å². The quantitative estimate of drug-likeness (QED) is 0.413. The highest BCUT2D eigenvalue weighted by Gasteiger charge is 2.33. The second-order valence-electron chi connectivity index (χ2n) is 5.65. The lowest BCUT2D eigenvalue weighted by Crippen LogP contribution is -2.26. The molecule has 0 unspecified atom stereocenters. The minimum absolute atomic E-state index is 0.0911. The Morgan fingerprint density at radius 3 is 2.39 bits per heavy atom. The van der Waals surface area contributed by atoms with Crippen LogP contribution in [0.3, 0.4) is 0 Å². The summed E-state index contributed by atoms with van der Waals surface area (Å²) in [6.45, 7) is 3.42. The van der Waals surface area contributed by atoms with Gasteiger partial charge in [0.1, 0.15) is 11.4 Å². The normalized spacial score (nSPS) is 12.2. The molecule has 0 heterocycles. The Morgan fingerprint density at radius 2 is 1.86 bits per heavy atom. The molecule has 0 aliphatic heterocycles. The van der Waals surface area contributed by atoms with Crippen molar-refractivity contribution in [1.29, 1.82) is 0 Å². The zero-order valence-corrected chi connectivity index (χ0v) is 14.9. The van der Waals surface area contributed by atoms with Gasteiger partial charge in [-0.2, -0.15) is 13.2 Å². The van der Waals surface area contributed by atoms with Gasteiger partial charge in [0.2, 0.25) is 0 Å². The highest BCUT2D eigenvalue weighted by atomic mass is 19.4. The summed E-state index contributed by atoms with van der Waals surface area (Å²) in [4.78, 5) is 21.8. The lowest BCUT2D eigenvalue weighted by atomic mass is 10.1. The van der Waals surface area contributed by atoms with Crippen LogP contribution in [0.25, 0.3) is 0 Å². The Hall–Kier alpha value is -3.30. The van der Waals surface area contributed by atoms with Gasteiger partial charge < -0.3 is 14.8 Å². The van der Waals surface area contributed by atoms with E-state index >= 15 is 0 Å². The molecule has 1 N–H and O–H groups in total. The lowest BCUT2D eigenvalue weighted by molar-refractivity contribution is -0.384. The van der Waals surface area contributed by atoms with Crippen molar-refractivity contribution < 1.29 is 32.4 Å². The topological polar surface area (TPSA) is 90.7 Å². The number of alkyl halides is 3. The van der Waals surface area contributed by atoms with Crippen LogP contribution < -0.4 is 10.1 Å². The van der Waals surface area contributed by atoms with Crippen molar-refractivity contribution in [3.63, 3.8) is 0 Å². The van der Waals surface area contributed by atoms with Gasteiger partial charge >= 0.3 is 12.1 Å². The van der Waals surface area contributed by atoms with E-state index < -0.39 is 34.4 Å². The van der Waals surface area contributed by atoms with Gasteiger partial charge in [-0.05, 0) is 50.2 Å². The summed E-state index contributed by atoms with van der Waals surface area (Å²) in [6.07, 6.45) is -5.51. The molecule has 7 nitrogen and oxygen atoms in total. The molecule has 150 valence electrons. The van der Waals surface area contributed by atoms with Crippen LogP contribution in [0.2, 0.25) is 0 Å². The Labute approximate surface area is 158 Å². The molecule has 0 aliphatic carbocycles. The number of nitrogens with one attached hydrogen (secondary N) is 1. The highest BCUT2D eigenvalue weighted by molar-refractivity contribution is 5.74. The highest BCUT2D eigenvalue weighted by Crippen LogP contribution is 2.36. The lowest BCUT2D eigenvalue weighted by Gasteiger charge is -2.14. The molecule has 0 radical (unpaired) electrons. The van der Waals surface area contributed by atoms with E-state index in [9.17, 15) is 28.1 Å². The Morgan fingerprint density at radius 1 is 1.21 bits per heavy atom. The molecule has 0 saturated heterocycles. The summed E-state index contributed by atoms with van der Waals surface area (Å²) in [5, 5.41) is 13.8. The number of esters is 1. The largest absolute Gasteiger partial charge is 0.479 e. The number of anilines is 2. The molecule has 0 bridgehead atoms. The second-order valence-corrected chi connectivity index (χ2v) is 5.65. The zero-order valence-electron chi connectivity index (χ0n) is 14.9. The van der Waals surface area contributed by atoms with Crippen molar-refractivity contribution in [2.45, 2.75) is 26.1 Å². The van der Waals surface area contributed by atoms with Crippen molar-refractivity contribution >= 4 is 23.0 Å². The van der Waals surface area contributed by atoms with Crippen LogP contribution in [-0.4, -0.2) is 23.6 Å². The number of rotatable bonds is 7. The Bertz CT molecular complexity index is 853. The first-order valence-electron chi connectivity index (χ1n) is 8.17. The average molecular weight is 398 g/mol. The fourth-order valence-electron chi connectivity index (χ4n) is 2.25. The third-order valence-corrected chi connectivity index (χ3v) is 3.59. The minimum atomic E-state index is -4.68. The standard InChI is InChI=1S/C18H17F3N2O5/c1-3-27-17(24)11(2)28-14-7-5-13(6-8-14)22-15-9-4-12(18(19,20)21)10-16(15)23(25)26/h4-11,22H,3H2,1-2H3/t11-/m1/s1. The van der Waals surface area contributed by atoms with Gasteiger partial charge in [-0.15, -0.1) is 0 Å². The summed E-state index contributed by atoms with van der Waals surface area (Å²) in [7, 11) is 0. The molecule has 0 saturated carbocycles. The maximum Gasteiger partial charge on any atom is 0.416 e. The molecular formula is C18H17F3N2O5. The minimum Gasteiger partial charge on any atom is -0.479 e. The summed E-state index contributed by atoms with van der Waals surface area (Å²) < 4.78 is 48.5. The monoisotopic (exact) mass is 398 g/mol. The van der Waals surface area contributed by atoms with Gasteiger partial charge in [-0.25, -0.2) is 4.79 Å². The fourth-order valence-corrected chi connectivity index (χ4v) is 2.25. The van der Waals surface area contributed by atoms with E-state index in [0.717, 1.165) is 12.1 Å². The third-order valence-electron chi connectivity index (χ3n) is 3.59. The maximum atomic E-state index is 12.8. The van der Waals surface area contributed by atoms with E-state index in [1.807, 2.05) is 0 Å². The number of hydrogen-bond donors (Lipinski definition) is 1. The third kappa shape index (κ3) is 5.35. The molecule has 0 aliphatic rings. The summed E-state index contributed by atoms with van der Waals surface area (Å²) in [6, 6.07) is 8.26. The van der Waals surface area contributed by atoms with Crippen LogP contribution in [0.4, 0.5) is 30.2 Å². The van der Waals surface area contributed by atoms with Gasteiger partial charge in [0.15, 0.2) is 6.10 Å². The molecule has 0 aromatic heterocycles. The van der Waals surface area contributed by atoms with E-state index in [4.69, 9.17) is 9.47 Å². The second kappa shape index (κ2) is 8.59. The number of benzene rings is 2. The van der Waals surface area contributed by atoms with Crippen molar-refractivity contribution in [2.75, 3.05) is 11.9 Å². The number of nitrogens with zero attached hydrogens (tertiary/aromatic N) is 1. The van der Waals surface area contributed by atoms with Crippen LogP contribution in [0.5, 0.6) is 5.75 Å². The molecule has 1 atom stereocenters. The Balaban J connectivity index is 2.16. The number of carbonyl (C=O) groups is 1. The summed E-state index contributed by atoms with van der Waals surface area (Å²) in [5.74, 6) is -0.168. The first-order chi connectivity index (χ1) is 13.1. The summed E-state index contributed by atoms with van der Waals surface area (Å²) >= 11 is 0. The predicted octanol–water partition coefficient (Wildman–Crippen LogP) is 4.69. The molecule has 0 fully saturated rings. The smallest absolute Gasteiger partial charge is 0.416 e. The molecule has 0 amide bonds. The van der Waals surface area contributed by atoms with E-state index in [1.54, 1.807) is 6.92 Å². The number of nitro benzene ring substituents is 1. The van der Waals surface area contributed by atoms with Gasteiger partial charge in [0.05, 0.1) is 17.1 Å². The number of hydrogen-bond acceptors (Lipinski definition) is 6. The SMILES string of the molecule is CCOC(=O)[C@@H](C)Oc1ccc(Nc2ccc(C(F)(F)F)cc2[N+](=O)[O-])cc1. The number of ether oxygens (including phenoxy) is 2. The molecule has 28 heavy (non-hydrogen) atoms. The van der Waals surface area contributed by atoms with Gasteiger partial charge in [-0.1, -0.05) is 0 Å². The van der Waals surface area contributed by atoms with Gasteiger partial charge in [0.25, 0.3) is 5.69 Å².